The fourth-order valence-corrected chi connectivity index (χ4v) is 1.74. The number of carbonyl (C=O) groups is 2. The summed E-state index contributed by atoms with van der Waals surface area (Å²) in [5.74, 6) is 1.92. The van der Waals surface area contributed by atoms with Crippen molar-refractivity contribution in [1.82, 2.24) is 0 Å². The zero-order valence-electron chi connectivity index (χ0n) is 12.2. The predicted molar refractivity (Wildman–Crippen MR) is 79.3 cm³/mol. The highest BCUT2D eigenvalue weighted by Crippen LogP contribution is 2.19. The van der Waals surface area contributed by atoms with Gasteiger partial charge in [0.25, 0.3) is 0 Å². The first kappa shape index (κ1) is 16.5. The van der Waals surface area contributed by atoms with Crippen molar-refractivity contribution >= 4 is 11.9 Å². The van der Waals surface area contributed by atoms with Gasteiger partial charge >= 0.3 is 6.16 Å². The second kappa shape index (κ2) is 8.60. The van der Waals surface area contributed by atoms with Crippen LogP contribution in [0.5, 0.6) is 0 Å². The summed E-state index contributed by atoms with van der Waals surface area (Å²) >= 11 is 0. The summed E-state index contributed by atoms with van der Waals surface area (Å²) in [4.78, 5) is 22.7. The van der Waals surface area contributed by atoms with E-state index in [9.17, 15) is 9.59 Å². The summed E-state index contributed by atoms with van der Waals surface area (Å²) < 4.78 is 9.78. The summed E-state index contributed by atoms with van der Waals surface area (Å²) in [6.07, 6.45) is 6.34. The van der Waals surface area contributed by atoms with Crippen LogP contribution in [0.15, 0.2) is 42.2 Å². The van der Waals surface area contributed by atoms with Gasteiger partial charge in [-0.25, -0.2) is 4.79 Å². The van der Waals surface area contributed by atoms with Gasteiger partial charge in [0.05, 0.1) is 12.5 Å². The number of terminal acetylenes is 1. The molecular formula is C17H18O4. The van der Waals surface area contributed by atoms with Crippen LogP contribution in [0.2, 0.25) is 0 Å². The predicted octanol–water partition coefficient (Wildman–Crippen LogP) is 3.12. The van der Waals surface area contributed by atoms with E-state index in [0.29, 0.717) is 6.42 Å². The van der Waals surface area contributed by atoms with Crippen LogP contribution < -0.4 is 0 Å². The van der Waals surface area contributed by atoms with Crippen LogP contribution in [-0.2, 0) is 20.7 Å². The first-order valence-electron chi connectivity index (χ1n) is 6.63. The number of allylic oxidation sites excluding steroid dienone is 2. The van der Waals surface area contributed by atoms with Crippen molar-refractivity contribution in [2.75, 3.05) is 6.61 Å². The van der Waals surface area contributed by atoms with Gasteiger partial charge in [-0.05, 0) is 25.8 Å². The molecule has 0 bridgehead atoms. The first-order chi connectivity index (χ1) is 10.1. The van der Waals surface area contributed by atoms with Gasteiger partial charge < -0.3 is 9.47 Å². The molecule has 0 aliphatic heterocycles. The Kier molecular flexibility index (Phi) is 6.76. The first-order valence-corrected chi connectivity index (χ1v) is 6.63. The Morgan fingerprint density at radius 3 is 2.52 bits per heavy atom. The lowest BCUT2D eigenvalue weighted by Crippen LogP contribution is -2.15. The van der Waals surface area contributed by atoms with Gasteiger partial charge in [-0.15, -0.1) is 6.42 Å². The van der Waals surface area contributed by atoms with E-state index < -0.39 is 12.1 Å². The third-order valence-corrected chi connectivity index (χ3v) is 2.64. The van der Waals surface area contributed by atoms with E-state index >= 15 is 0 Å². The van der Waals surface area contributed by atoms with Crippen LogP contribution in [0.25, 0.3) is 0 Å². The van der Waals surface area contributed by atoms with Gasteiger partial charge in [-0.2, -0.15) is 0 Å². The molecule has 1 aromatic carbocycles. The van der Waals surface area contributed by atoms with Gasteiger partial charge in [0, 0.05) is 6.08 Å². The Labute approximate surface area is 124 Å². The van der Waals surface area contributed by atoms with E-state index in [0.717, 1.165) is 5.56 Å². The molecule has 0 spiro atoms. The van der Waals surface area contributed by atoms with Crippen molar-refractivity contribution in [3.05, 3.63) is 47.7 Å². The molecule has 0 aromatic heterocycles. The Balaban J connectivity index is 2.91. The average molecular weight is 286 g/mol. The lowest BCUT2D eigenvalue weighted by atomic mass is 9.97. The quantitative estimate of drug-likeness (QED) is 0.349. The third kappa shape index (κ3) is 5.96. The van der Waals surface area contributed by atoms with E-state index in [2.05, 4.69) is 5.92 Å². The van der Waals surface area contributed by atoms with Crippen molar-refractivity contribution in [3.63, 3.8) is 0 Å². The fraction of sp³-hybridized carbons (Fsp3) is 0.294. The number of hydrogen-bond donors (Lipinski definition) is 0. The van der Waals surface area contributed by atoms with Crippen molar-refractivity contribution in [2.45, 2.75) is 20.3 Å². The Bertz CT molecular complexity index is 552. The number of rotatable bonds is 6. The molecule has 21 heavy (non-hydrogen) atoms. The topological polar surface area (TPSA) is 52.6 Å². The third-order valence-electron chi connectivity index (χ3n) is 2.64. The van der Waals surface area contributed by atoms with E-state index in [1.807, 2.05) is 30.3 Å². The molecular weight excluding hydrogens is 268 g/mol. The van der Waals surface area contributed by atoms with Crippen molar-refractivity contribution in [2.24, 2.45) is 5.92 Å². The molecule has 110 valence electrons. The number of ether oxygens (including phenoxy) is 2. The van der Waals surface area contributed by atoms with Crippen LogP contribution in [0.4, 0.5) is 4.79 Å². The standard InChI is InChI=1S/C17H18O4/c1-4-15(12-14-9-7-6-8-10-14)16(11-13(3)18)21-17(19)20-5-2/h1,6-11,15H,5,12H2,2-3H3/b16-11+. The smallest absolute Gasteiger partial charge is 0.434 e. The minimum absolute atomic E-state index is 0.132. The largest absolute Gasteiger partial charge is 0.513 e. The number of benzene rings is 1. The van der Waals surface area contributed by atoms with E-state index in [-0.39, 0.29) is 18.1 Å². The Morgan fingerprint density at radius 1 is 1.33 bits per heavy atom. The van der Waals surface area contributed by atoms with Crippen molar-refractivity contribution in [1.29, 1.82) is 0 Å². The fourth-order valence-electron chi connectivity index (χ4n) is 1.74. The lowest BCUT2D eigenvalue weighted by molar-refractivity contribution is -0.112. The molecule has 1 atom stereocenters. The number of carbonyl (C=O) groups excluding carboxylic acids is 2. The molecule has 1 aromatic rings. The second-order valence-electron chi connectivity index (χ2n) is 4.35. The summed E-state index contributed by atoms with van der Waals surface area (Å²) in [6.45, 7) is 3.22. The minimum Gasteiger partial charge on any atom is -0.434 e. The molecule has 4 nitrogen and oxygen atoms in total. The van der Waals surface area contributed by atoms with Crippen molar-refractivity contribution < 1.29 is 19.1 Å². The number of ketones is 1. The van der Waals surface area contributed by atoms with E-state index in [1.54, 1.807) is 6.92 Å². The molecule has 0 aliphatic carbocycles. The van der Waals surface area contributed by atoms with Gasteiger partial charge in [-0.1, -0.05) is 36.3 Å². The molecule has 1 unspecified atom stereocenters. The van der Waals surface area contributed by atoms with Gasteiger partial charge in [0.2, 0.25) is 0 Å². The van der Waals surface area contributed by atoms with E-state index in [4.69, 9.17) is 15.9 Å². The normalized spacial score (nSPS) is 12.1. The molecule has 0 saturated carbocycles. The summed E-state index contributed by atoms with van der Waals surface area (Å²) in [5, 5.41) is 0. The monoisotopic (exact) mass is 286 g/mol. The zero-order valence-corrected chi connectivity index (χ0v) is 12.2. The molecule has 0 saturated heterocycles. The summed E-state index contributed by atoms with van der Waals surface area (Å²) in [5.41, 5.74) is 0.988. The highest BCUT2D eigenvalue weighted by atomic mass is 16.7. The highest BCUT2D eigenvalue weighted by Gasteiger charge is 2.19. The molecule has 0 amide bonds. The molecule has 1 rings (SSSR count). The second-order valence-corrected chi connectivity index (χ2v) is 4.35. The zero-order chi connectivity index (χ0) is 15.7. The molecule has 4 heteroatoms. The SMILES string of the molecule is C#CC(Cc1ccccc1)/C(=C\C(C)=O)OC(=O)OCC. The van der Waals surface area contributed by atoms with Crippen LogP contribution >= 0.6 is 0 Å². The average Bonchev–Trinajstić information content (AvgIpc) is 2.45. The highest BCUT2D eigenvalue weighted by molar-refractivity contribution is 5.88. The lowest BCUT2D eigenvalue weighted by Gasteiger charge is -2.15. The van der Waals surface area contributed by atoms with Gasteiger partial charge in [0.15, 0.2) is 5.78 Å². The Hall–Kier alpha value is -2.54. The van der Waals surface area contributed by atoms with Crippen LogP contribution in [0.3, 0.4) is 0 Å². The molecule has 0 heterocycles. The maximum absolute atomic E-state index is 11.4. The Morgan fingerprint density at radius 2 is 2.00 bits per heavy atom. The van der Waals surface area contributed by atoms with Gasteiger partial charge in [-0.3, -0.25) is 4.79 Å². The molecule has 0 fully saturated rings. The van der Waals surface area contributed by atoms with Crippen LogP contribution in [-0.4, -0.2) is 18.5 Å². The summed E-state index contributed by atoms with van der Waals surface area (Å²) in [6, 6.07) is 9.52. The number of hydrogen-bond acceptors (Lipinski definition) is 4. The van der Waals surface area contributed by atoms with Crippen molar-refractivity contribution in [3.8, 4) is 12.3 Å². The minimum atomic E-state index is -0.863. The van der Waals surface area contributed by atoms with Gasteiger partial charge in [0.1, 0.15) is 5.76 Å². The van der Waals surface area contributed by atoms with E-state index in [1.165, 1.54) is 13.0 Å². The molecule has 0 radical (unpaired) electrons. The van der Waals surface area contributed by atoms with Crippen LogP contribution in [0.1, 0.15) is 19.4 Å². The molecule has 0 N–H and O–H groups in total. The molecule has 0 aliphatic rings. The summed E-state index contributed by atoms with van der Waals surface area (Å²) in [7, 11) is 0. The maximum Gasteiger partial charge on any atom is 0.513 e. The van der Waals surface area contributed by atoms with Crippen LogP contribution in [0, 0.1) is 18.3 Å². The maximum atomic E-state index is 11.4.